The molecule has 1 aliphatic heterocycles. The summed E-state index contributed by atoms with van der Waals surface area (Å²) in [5, 5.41) is 13.8. The number of hydrogen-bond acceptors (Lipinski definition) is 4. The third kappa shape index (κ3) is 2.17. The van der Waals surface area contributed by atoms with Crippen molar-refractivity contribution >= 4 is 11.8 Å². The maximum absolute atomic E-state index is 11.8. The van der Waals surface area contributed by atoms with Crippen molar-refractivity contribution in [3.8, 4) is 11.3 Å². The lowest BCUT2D eigenvalue weighted by atomic mass is 9.98. The predicted octanol–water partition coefficient (Wildman–Crippen LogP) is 3.28. The number of carbonyl (C=O) groups is 1. The molecular weight excluding hydrogens is 280 g/mol. The zero-order valence-electron chi connectivity index (χ0n) is 12.2. The maximum atomic E-state index is 11.8. The van der Waals surface area contributed by atoms with Gasteiger partial charge in [0.15, 0.2) is 17.1 Å². The summed E-state index contributed by atoms with van der Waals surface area (Å²) in [4.78, 5) is 13.9. The SMILES string of the molecule is O=C(O)c1c(N2C[C@@H]3CC[C@@H](C3)C2)noc1-c1ccccc1. The molecule has 1 N–H and O–H groups in total. The molecule has 0 unspecified atom stereocenters. The number of hydrogen-bond donors (Lipinski definition) is 1. The number of anilines is 1. The van der Waals surface area contributed by atoms with Gasteiger partial charge in [-0.2, -0.15) is 0 Å². The summed E-state index contributed by atoms with van der Waals surface area (Å²) in [5.41, 5.74) is 0.936. The molecule has 1 saturated heterocycles. The highest BCUT2D eigenvalue weighted by Crippen LogP contribution is 2.40. The van der Waals surface area contributed by atoms with Crippen molar-refractivity contribution in [3.63, 3.8) is 0 Å². The Morgan fingerprint density at radius 1 is 1.18 bits per heavy atom. The van der Waals surface area contributed by atoms with Crippen molar-refractivity contribution in [1.82, 2.24) is 5.16 Å². The summed E-state index contributed by atoms with van der Waals surface area (Å²) in [6, 6.07) is 9.31. The molecule has 2 fully saturated rings. The van der Waals surface area contributed by atoms with Gasteiger partial charge in [-0.1, -0.05) is 35.5 Å². The van der Waals surface area contributed by atoms with E-state index in [1.165, 1.54) is 19.3 Å². The molecule has 1 aromatic heterocycles. The molecule has 2 bridgehead atoms. The van der Waals surface area contributed by atoms with Gasteiger partial charge in [0.2, 0.25) is 0 Å². The molecule has 5 nitrogen and oxygen atoms in total. The van der Waals surface area contributed by atoms with Crippen LogP contribution in [0.4, 0.5) is 5.82 Å². The largest absolute Gasteiger partial charge is 0.477 e. The number of carboxylic acid groups (broad SMARTS) is 1. The second-order valence-corrected chi connectivity index (χ2v) is 6.33. The molecule has 0 amide bonds. The molecule has 114 valence electrons. The fraction of sp³-hybridized carbons (Fsp3) is 0.412. The molecule has 2 heterocycles. The van der Waals surface area contributed by atoms with E-state index in [9.17, 15) is 9.90 Å². The molecule has 2 aliphatic rings. The monoisotopic (exact) mass is 298 g/mol. The van der Waals surface area contributed by atoms with E-state index >= 15 is 0 Å². The van der Waals surface area contributed by atoms with Crippen LogP contribution in [0.25, 0.3) is 11.3 Å². The highest BCUT2D eigenvalue weighted by Gasteiger charge is 2.36. The molecule has 22 heavy (non-hydrogen) atoms. The Bertz CT molecular complexity index is 683. The number of piperidine rings is 1. The van der Waals surface area contributed by atoms with Gasteiger partial charge in [0.05, 0.1) is 0 Å². The van der Waals surface area contributed by atoms with Gasteiger partial charge in [-0.3, -0.25) is 0 Å². The minimum atomic E-state index is -0.979. The molecule has 0 spiro atoms. The number of rotatable bonds is 3. The minimum Gasteiger partial charge on any atom is -0.477 e. The van der Waals surface area contributed by atoms with Crippen LogP contribution >= 0.6 is 0 Å². The van der Waals surface area contributed by atoms with Crippen LogP contribution in [0, 0.1) is 11.8 Å². The van der Waals surface area contributed by atoms with Crippen LogP contribution in [0.3, 0.4) is 0 Å². The molecular formula is C17H18N2O3. The lowest BCUT2D eigenvalue weighted by Gasteiger charge is -2.31. The Hall–Kier alpha value is -2.30. The zero-order chi connectivity index (χ0) is 15.1. The first-order chi connectivity index (χ1) is 10.7. The van der Waals surface area contributed by atoms with Gasteiger partial charge in [0.25, 0.3) is 0 Å². The molecule has 1 saturated carbocycles. The summed E-state index contributed by atoms with van der Waals surface area (Å²) in [5.74, 6) is 1.19. The third-order valence-electron chi connectivity index (χ3n) is 4.83. The standard InChI is InChI=1S/C17H18N2O3/c20-17(21)14-15(13-4-2-1-3-5-13)22-18-16(14)19-9-11-6-7-12(8-11)10-19/h1-5,11-12H,6-10H2,(H,20,21)/t11-,12+. The minimum absolute atomic E-state index is 0.188. The van der Waals surface area contributed by atoms with Crippen LogP contribution in [0.2, 0.25) is 0 Å². The first kappa shape index (κ1) is 13.4. The number of nitrogens with zero attached hydrogens (tertiary/aromatic N) is 2. The van der Waals surface area contributed by atoms with E-state index in [0.717, 1.165) is 18.7 Å². The average molecular weight is 298 g/mol. The van der Waals surface area contributed by atoms with Gasteiger partial charge in [-0.05, 0) is 31.1 Å². The van der Waals surface area contributed by atoms with E-state index in [1.807, 2.05) is 30.3 Å². The van der Waals surface area contributed by atoms with E-state index in [1.54, 1.807) is 0 Å². The van der Waals surface area contributed by atoms with Crippen molar-refractivity contribution < 1.29 is 14.4 Å². The Morgan fingerprint density at radius 2 is 1.86 bits per heavy atom. The van der Waals surface area contributed by atoms with Crippen LogP contribution in [-0.2, 0) is 0 Å². The highest BCUT2D eigenvalue weighted by molar-refractivity contribution is 5.99. The summed E-state index contributed by atoms with van der Waals surface area (Å²) < 4.78 is 5.41. The summed E-state index contributed by atoms with van der Waals surface area (Å²) >= 11 is 0. The van der Waals surface area contributed by atoms with Crippen molar-refractivity contribution in [2.24, 2.45) is 11.8 Å². The van der Waals surface area contributed by atoms with Crippen LogP contribution < -0.4 is 4.90 Å². The smallest absolute Gasteiger partial charge is 0.343 e. The van der Waals surface area contributed by atoms with Crippen molar-refractivity contribution in [2.75, 3.05) is 18.0 Å². The zero-order valence-corrected chi connectivity index (χ0v) is 12.2. The number of carboxylic acids is 1. The van der Waals surface area contributed by atoms with Gasteiger partial charge in [-0.15, -0.1) is 0 Å². The Kier molecular flexibility index (Phi) is 3.13. The first-order valence-electron chi connectivity index (χ1n) is 7.75. The van der Waals surface area contributed by atoms with Gasteiger partial charge in [0.1, 0.15) is 0 Å². The molecule has 4 rings (SSSR count). The third-order valence-corrected chi connectivity index (χ3v) is 4.83. The molecule has 1 aliphatic carbocycles. The van der Waals surface area contributed by atoms with Gasteiger partial charge < -0.3 is 14.5 Å². The fourth-order valence-corrected chi connectivity index (χ4v) is 3.86. The van der Waals surface area contributed by atoms with Crippen LogP contribution in [-0.4, -0.2) is 29.3 Å². The highest BCUT2D eigenvalue weighted by atomic mass is 16.5. The molecule has 1 aromatic carbocycles. The van der Waals surface area contributed by atoms with Crippen molar-refractivity contribution in [1.29, 1.82) is 0 Å². The normalized spacial score (nSPS) is 23.7. The molecule has 0 radical (unpaired) electrons. The second-order valence-electron chi connectivity index (χ2n) is 6.33. The molecule has 5 heteroatoms. The average Bonchev–Trinajstić information content (AvgIpc) is 3.12. The van der Waals surface area contributed by atoms with Crippen LogP contribution in [0.15, 0.2) is 34.9 Å². The summed E-state index contributed by atoms with van der Waals surface area (Å²) in [7, 11) is 0. The van der Waals surface area contributed by atoms with E-state index in [4.69, 9.17) is 4.52 Å². The van der Waals surface area contributed by atoms with Crippen molar-refractivity contribution in [2.45, 2.75) is 19.3 Å². The molecule has 2 atom stereocenters. The fourth-order valence-electron chi connectivity index (χ4n) is 3.86. The van der Waals surface area contributed by atoms with Gasteiger partial charge >= 0.3 is 5.97 Å². The Labute approximate surface area is 128 Å². The van der Waals surface area contributed by atoms with Gasteiger partial charge in [-0.25, -0.2) is 4.79 Å². The summed E-state index contributed by atoms with van der Waals surface area (Å²) in [6.45, 7) is 1.77. The van der Waals surface area contributed by atoms with Gasteiger partial charge in [0, 0.05) is 18.7 Å². The number of benzene rings is 1. The van der Waals surface area contributed by atoms with E-state index in [-0.39, 0.29) is 5.56 Å². The van der Waals surface area contributed by atoms with Crippen LogP contribution in [0.5, 0.6) is 0 Å². The number of aromatic nitrogens is 1. The quantitative estimate of drug-likeness (QED) is 0.942. The summed E-state index contributed by atoms with van der Waals surface area (Å²) in [6.07, 6.45) is 3.75. The maximum Gasteiger partial charge on any atom is 0.343 e. The lowest BCUT2D eigenvalue weighted by molar-refractivity contribution is 0.0697. The molecule has 2 aromatic rings. The number of aromatic carboxylic acids is 1. The van der Waals surface area contributed by atoms with Crippen molar-refractivity contribution in [3.05, 3.63) is 35.9 Å². The number of fused-ring (bicyclic) bond motifs is 2. The first-order valence-corrected chi connectivity index (χ1v) is 7.75. The lowest BCUT2D eigenvalue weighted by Crippen LogP contribution is -2.37. The van der Waals surface area contributed by atoms with E-state index < -0.39 is 5.97 Å². The van der Waals surface area contributed by atoms with E-state index in [2.05, 4.69) is 10.1 Å². The van der Waals surface area contributed by atoms with Crippen LogP contribution in [0.1, 0.15) is 29.6 Å². The Balaban J connectivity index is 1.74. The second kappa shape index (κ2) is 5.16. The topological polar surface area (TPSA) is 66.6 Å². The predicted molar refractivity (Wildman–Crippen MR) is 81.9 cm³/mol. The Morgan fingerprint density at radius 3 is 2.50 bits per heavy atom. The van der Waals surface area contributed by atoms with E-state index in [0.29, 0.717) is 23.4 Å².